The van der Waals surface area contributed by atoms with Gasteiger partial charge in [-0.25, -0.2) is 0 Å². The average molecular weight is 192 g/mol. The molecule has 13 heavy (non-hydrogen) atoms. The van der Waals surface area contributed by atoms with Gasteiger partial charge >= 0.3 is 0 Å². The molecule has 1 nitrogen and oxygen atoms in total. The molecule has 0 spiro atoms. The third kappa shape index (κ3) is 1.25. The molecule has 2 aromatic heterocycles. The van der Waals surface area contributed by atoms with Crippen molar-refractivity contribution in [2.45, 2.75) is 12.7 Å². The average Bonchev–Trinajstić information content (AvgIpc) is 2.63. The quantitative estimate of drug-likeness (QED) is 0.734. The van der Waals surface area contributed by atoms with Crippen molar-refractivity contribution in [2.75, 3.05) is 6.26 Å². The topological polar surface area (TPSA) is 13.1 Å². The van der Waals surface area contributed by atoms with Crippen LogP contribution < -0.4 is 0 Å². The summed E-state index contributed by atoms with van der Waals surface area (Å²) in [5, 5.41) is 0. The lowest BCUT2D eigenvalue weighted by Gasteiger charge is -2.01. The second-order valence-corrected chi connectivity index (χ2v) is 4.10. The molecule has 2 rings (SSSR count). The molecule has 0 radical (unpaired) electrons. The van der Waals surface area contributed by atoms with Crippen LogP contribution >= 0.6 is 11.8 Å². The van der Waals surface area contributed by atoms with Crippen molar-refractivity contribution >= 4 is 28.5 Å². The van der Waals surface area contributed by atoms with Crippen molar-refractivity contribution in [1.29, 1.82) is 0 Å². The number of furan rings is 2. The maximum atomic E-state index is 5.59. The summed E-state index contributed by atoms with van der Waals surface area (Å²) in [4.78, 5) is 0. The van der Waals surface area contributed by atoms with Crippen LogP contribution in [0.2, 0.25) is 0 Å². The molecule has 0 aliphatic rings. The molecular formula is C11H12OS. The second kappa shape index (κ2) is 3.11. The van der Waals surface area contributed by atoms with Crippen molar-refractivity contribution in [3.8, 4) is 0 Å². The molecule has 0 saturated carbocycles. The summed E-state index contributed by atoms with van der Waals surface area (Å²) >= 11 is 1.81. The minimum Gasteiger partial charge on any atom is -0.456 e. The number of allylic oxidation sites excluding steroid dienone is 1. The minimum absolute atomic E-state index is 0.978. The first kappa shape index (κ1) is 8.70. The fourth-order valence-corrected chi connectivity index (χ4v) is 2.24. The predicted molar refractivity (Wildman–Crippen MR) is 59.3 cm³/mol. The summed E-state index contributed by atoms with van der Waals surface area (Å²) in [5.74, 6) is 1.01. The molecule has 0 atom stereocenters. The van der Waals surface area contributed by atoms with Crippen molar-refractivity contribution in [3.05, 3.63) is 29.8 Å². The van der Waals surface area contributed by atoms with Gasteiger partial charge in [0.2, 0.25) is 0 Å². The Morgan fingerprint density at radius 2 is 2.15 bits per heavy atom. The number of fused-ring (bicyclic) bond motifs is 2. The summed E-state index contributed by atoms with van der Waals surface area (Å²) in [6.07, 6.45) is 2.10. The Morgan fingerprint density at radius 3 is 2.77 bits per heavy atom. The van der Waals surface area contributed by atoms with Gasteiger partial charge in [-0.05, 0) is 30.9 Å². The van der Waals surface area contributed by atoms with Gasteiger partial charge in [0.05, 0.1) is 0 Å². The van der Waals surface area contributed by atoms with E-state index in [-0.39, 0.29) is 0 Å². The number of rotatable bonds is 3. The number of thioether (sulfide) groups is 1. The van der Waals surface area contributed by atoms with Crippen LogP contribution in [0.15, 0.2) is 23.1 Å². The Hall–Kier alpha value is -0.890. The zero-order valence-electron chi connectivity index (χ0n) is 7.89. The van der Waals surface area contributed by atoms with Crippen molar-refractivity contribution in [2.24, 2.45) is 0 Å². The first-order valence-electron chi connectivity index (χ1n) is 4.22. The van der Waals surface area contributed by atoms with Crippen molar-refractivity contribution in [3.63, 3.8) is 0 Å². The monoisotopic (exact) mass is 192 g/mol. The molecule has 2 aromatic rings. The standard InChI is InChI=1S/C11H12OS/c1-7(2)11-8(6-13-3)9-4-5-10(11)12-9/h4-5H,1,6H2,2-3H3. The Bertz CT molecular complexity index is 427. The zero-order chi connectivity index (χ0) is 9.42. The molecule has 0 fully saturated rings. The van der Waals surface area contributed by atoms with E-state index in [1.807, 2.05) is 30.8 Å². The van der Waals surface area contributed by atoms with Gasteiger partial charge in [0.25, 0.3) is 0 Å². The fourth-order valence-electron chi connectivity index (χ4n) is 1.66. The summed E-state index contributed by atoms with van der Waals surface area (Å²) in [6.45, 7) is 6.00. The maximum Gasteiger partial charge on any atom is 0.135 e. The highest BCUT2D eigenvalue weighted by molar-refractivity contribution is 7.97. The lowest BCUT2D eigenvalue weighted by Crippen LogP contribution is -1.85. The van der Waals surface area contributed by atoms with Gasteiger partial charge in [-0.1, -0.05) is 6.58 Å². The largest absolute Gasteiger partial charge is 0.456 e. The van der Waals surface area contributed by atoms with Crippen LogP contribution in [0.3, 0.4) is 0 Å². The maximum absolute atomic E-state index is 5.59. The fraction of sp³-hybridized carbons (Fsp3) is 0.273. The summed E-state index contributed by atoms with van der Waals surface area (Å²) < 4.78 is 5.59. The highest BCUT2D eigenvalue weighted by Crippen LogP contribution is 2.34. The van der Waals surface area contributed by atoms with E-state index in [2.05, 4.69) is 12.8 Å². The molecular weight excluding hydrogens is 180 g/mol. The van der Waals surface area contributed by atoms with Crippen molar-refractivity contribution < 1.29 is 4.42 Å². The SMILES string of the molecule is C=C(C)c1c(CSC)c2ccc1o2. The van der Waals surface area contributed by atoms with E-state index >= 15 is 0 Å². The van der Waals surface area contributed by atoms with Gasteiger partial charge in [-0.3, -0.25) is 0 Å². The molecule has 0 aliphatic heterocycles. The molecule has 0 aliphatic carbocycles. The predicted octanol–water partition coefficient (Wildman–Crippen LogP) is 3.77. The van der Waals surface area contributed by atoms with Gasteiger partial charge in [-0.15, -0.1) is 0 Å². The van der Waals surface area contributed by atoms with Gasteiger partial charge in [0.1, 0.15) is 11.2 Å². The van der Waals surface area contributed by atoms with Gasteiger partial charge in [-0.2, -0.15) is 11.8 Å². The summed E-state index contributed by atoms with van der Waals surface area (Å²) in [6, 6.07) is 4.05. The number of hydrogen-bond donors (Lipinski definition) is 0. The first-order valence-corrected chi connectivity index (χ1v) is 5.62. The Labute approximate surface area is 82.1 Å². The molecule has 0 saturated heterocycles. The Kier molecular flexibility index (Phi) is 2.08. The Balaban J connectivity index is 2.58. The lowest BCUT2D eigenvalue weighted by atomic mass is 10.0. The molecule has 0 aromatic carbocycles. The van der Waals surface area contributed by atoms with Crippen LogP contribution in [-0.2, 0) is 5.75 Å². The minimum atomic E-state index is 0.978. The number of hydrogen-bond acceptors (Lipinski definition) is 2. The summed E-state index contributed by atoms with van der Waals surface area (Å²) in [5.41, 5.74) is 5.61. The van der Waals surface area contributed by atoms with E-state index in [1.165, 1.54) is 11.1 Å². The van der Waals surface area contributed by atoms with Crippen molar-refractivity contribution in [1.82, 2.24) is 0 Å². The smallest absolute Gasteiger partial charge is 0.135 e. The van der Waals surface area contributed by atoms with Crippen LogP contribution in [0, 0.1) is 0 Å². The van der Waals surface area contributed by atoms with E-state index in [0.717, 1.165) is 22.5 Å². The van der Waals surface area contributed by atoms with E-state index in [0.29, 0.717) is 0 Å². The lowest BCUT2D eigenvalue weighted by molar-refractivity contribution is 0.673. The molecule has 2 heteroatoms. The van der Waals surface area contributed by atoms with Crippen LogP contribution in [0.4, 0.5) is 0 Å². The molecule has 2 heterocycles. The molecule has 68 valence electrons. The zero-order valence-corrected chi connectivity index (χ0v) is 8.70. The van der Waals surface area contributed by atoms with E-state index in [1.54, 1.807) is 0 Å². The van der Waals surface area contributed by atoms with E-state index < -0.39 is 0 Å². The van der Waals surface area contributed by atoms with Crippen LogP contribution in [-0.4, -0.2) is 6.26 Å². The van der Waals surface area contributed by atoms with Gasteiger partial charge < -0.3 is 4.42 Å². The van der Waals surface area contributed by atoms with Crippen LogP contribution in [0.25, 0.3) is 16.7 Å². The molecule has 2 bridgehead atoms. The molecule has 0 unspecified atom stereocenters. The van der Waals surface area contributed by atoms with Crippen LogP contribution in [0.5, 0.6) is 0 Å². The third-order valence-corrected chi connectivity index (χ3v) is 2.74. The van der Waals surface area contributed by atoms with Gasteiger partial charge in [0, 0.05) is 16.9 Å². The normalized spacial score (nSPS) is 11.2. The molecule has 0 N–H and O–H groups in total. The van der Waals surface area contributed by atoms with E-state index in [9.17, 15) is 0 Å². The number of benzene rings is 1. The highest BCUT2D eigenvalue weighted by atomic mass is 32.2. The molecule has 0 amide bonds. The second-order valence-electron chi connectivity index (χ2n) is 3.23. The Morgan fingerprint density at radius 1 is 1.46 bits per heavy atom. The van der Waals surface area contributed by atoms with Crippen LogP contribution in [0.1, 0.15) is 18.1 Å². The first-order chi connectivity index (χ1) is 6.24. The third-order valence-electron chi connectivity index (χ3n) is 2.17. The summed E-state index contributed by atoms with van der Waals surface area (Å²) in [7, 11) is 0. The van der Waals surface area contributed by atoms with E-state index in [4.69, 9.17) is 4.42 Å². The highest BCUT2D eigenvalue weighted by Gasteiger charge is 2.15. The van der Waals surface area contributed by atoms with Gasteiger partial charge in [0.15, 0.2) is 0 Å².